The third-order valence-electron chi connectivity index (χ3n) is 7.14. The van der Waals surface area contributed by atoms with E-state index in [2.05, 4.69) is 32.6 Å². The number of likely N-dealkylation sites (tertiary alicyclic amines) is 1. The van der Waals surface area contributed by atoms with Gasteiger partial charge in [-0.3, -0.25) is 9.59 Å². The van der Waals surface area contributed by atoms with Crippen molar-refractivity contribution in [1.29, 1.82) is 0 Å². The summed E-state index contributed by atoms with van der Waals surface area (Å²) in [6, 6.07) is 12.2. The summed E-state index contributed by atoms with van der Waals surface area (Å²) in [5, 5.41) is 5.19. The molecule has 1 amide bonds. The number of nitrogens with zero attached hydrogens (tertiary/aromatic N) is 2. The Morgan fingerprint density at radius 2 is 1.97 bits per heavy atom. The van der Waals surface area contributed by atoms with Gasteiger partial charge in [0, 0.05) is 54.5 Å². The van der Waals surface area contributed by atoms with Gasteiger partial charge < -0.3 is 19.9 Å². The predicted molar refractivity (Wildman–Crippen MR) is 147 cm³/mol. The van der Waals surface area contributed by atoms with E-state index in [0.717, 1.165) is 62.3 Å². The summed E-state index contributed by atoms with van der Waals surface area (Å²) in [5.41, 5.74) is 2.90. The Morgan fingerprint density at radius 3 is 2.78 bits per heavy atom. The highest BCUT2D eigenvalue weighted by atomic mass is 32.1. The second-order valence-electron chi connectivity index (χ2n) is 9.62. The monoisotopic (exact) mass is 515 g/mol. The number of carbonyl (C=O) groups excluding carboxylic acids is 2. The molecular formula is C30H33N3O3S. The number of amides is 1. The largest absolute Gasteiger partial charge is 0.462 e. The average molecular weight is 516 g/mol. The van der Waals surface area contributed by atoms with Crippen molar-refractivity contribution < 1.29 is 14.3 Å². The number of nitrogens with one attached hydrogen (secondary N) is 1. The Hall–Kier alpha value is -3.42. The van der Waals surface area contributed by atoms with Gasteiger partial charge in [0.25, 0.3) is 5.91 Å². The van der Waals surface area contributed by atoms with Gasteiger partial charge in [0.15, 0.2) is 5.78 Å². The molecule has 1 aromatic carbocycles. The van der Waals surface area contributed by atoms with Crippen molar-refractivity contribution in [3.8, 4) is 0 Å². The first-order valence-corrected chi connectivity index (χ1v) is 13.9. The predicted octanol–water partition coefficient (Wildman–Crippen LogP) is 5.00. The van der Waals surface area contributed by atoms with Gasteiger partial charge in [-0.05, 0) is 67.4 Å². The lowest BCUT2D eigenvalue weighted by Gasteiger charge is -2.34. The van der Waals surface area contributed by atoms with Crippen LogP contribution >= 0.6 is 11.3 Å². The van der Waals surface area contributed by atoms with Crippen LogP contribution in [0, 0.1) is 0 Å². The van der Waals surface area contributed by atoms with E-state index in [9.17, 15) is 9.59 Å². The van der Waals surface area contributed by atoms with E-state index in [-0.39, 0.29) is 11.7 Å². The van der Waals surface area contributed by atoms with E-state index in [0.29, 0.717) is 18.9 Å². The zero-order valence-corrected chi connectivity index (χ0v) is 21.8. The number of thiophene rings is 1. The van der Waals surface area contributed by atoms with Crippen LogP contribution in [0.25, 0.3) is 0 Å². The lowest BCUT2D eigenvalue weighted by Crippen LogP contribution is -2.38. The summed E-state index contributed by atoms with van der Waals surface area (Å²) >= 11 is 1.73. The number of benzene rings is 1. The molecule has 1 N–H and O–H groups in total. The quantitative estimate of drug-likeness (QED) is 0.509. The first-order chi connectivity index (χ1) is 18.2. The van der Waals surface area contributed by atoms with Gasteiger partial charge in [-0.2, -0.15) is 0 Å². The number of ether oxygens (including phenoxy) is 1. The third kappa shape index (κ3) is 6.67. The highest BCUT2D eigenvalue weighted by molar-refractivity contribution is 7.09. The minimum atomic E-state index is 0.0292. The Balaban J connectivity index is 1.11. The molecule has 3 heterocycles. The van der Waals surface area contributed by atoms with Crippen LogP contribution in [0.5, 0.6) is 0 Å². The van der Waals surface area contributed by atoms with Gasteiger partial charge in [-0.25, -0.2) is 0 Å². The first-order valence-electron chi connectivity index (χ1n) is 13.0. The van der Waals surface area contributed by atoms with E-state index in [4.69, 9.17) is 4.74 Å². The SMILES string of the molecule is O=C1C=CC=C(C2=CN(CCN3CCC(c4ccccc4C(=O)NCCc4cccs4)CC3)C=CO2)C1. The topological polar surface area (TPSA) is 61.9 Å². The average Bonchev–Trinajstić information content (AvgIpc) is 3.46. The minimum Gasteiger partial charge on any atom is -0.462 e. The van der Waals surface area contributed by atoms with E-state index in [1.54, 1.807) is 29.8 Å². The first kappa shape index (κ1) is 25.2. The summed E-state index contributed by atoms with van der Waals surface area (Å²) in [6.07, 6.45) is 14.3. The second kappa shape index (κ2) is 12.2. The molecule has 5 rings (SSSR count). The van der Waals surface area contributed by atoms with Crippen LogP contribution in [0.1, 0.15) is 46.0 Å². The molecule has 0 spiro atoms. The van der Waals surface area contributed by atoms with E-state index in [1.807, 2.05) is 42.7 Å². The maximum absolute atomic E-state index is 13.0. The molecule has 6 nitrogen and oxygen atoms in total. The molecule has 1 aliphatic carbocycles. The molecule has 0 unspecified atom stereocenters. The standard InChI is InChI=1S/C30H33N3O3S/c34-25-6-3-5-24(21-25)29-22-33(18-19-36-29)17-16-32-14-11-23(12-15-32)27-8-1-2-9-28(27)30(35)31-13-10-26-7-4-20-37-26/h1-9,18-20,22-23H,10-17,21H2,(H,31,35). The molecule has 0 bridgehead atoms. The molecule has 0 radical (unpaired) electrons. The van der Waals surface area contributed by atoms with Crippen LogP contribution in [0.4, 0.5) is 0 Å². The van der Waals surface area contributed by atoms with Crippen LogP contribution in [-0.4, -0.2) is 54.2 Å². The molecule has 7 heteroatoms. The number of ketones is 1. The Bertz CT molecular complexity index is 1220. The van der Waals surface area contributed by atoms with Crippen LogP contribution in [-0.2, 0) is 16.0 Å². The molecule has 0 atom stereocenters. The van der Waals surface area contributed by atoms with E-state index < -0.39 is 0 Å². The fourth-order valence-electron chi connectivity index (χ4n) is 5.08. The highest BCUT2D eigenvalue weighted by Gasteiger charge is 2.24. The van der Waals surface area contributed by atoms with Crippen LogP contribution in [0.3, 0.4) is 0 Å². The number of allylic oxidation sites excluding steroid dienone is 4. The minimum absolute atomic E-state index is 0.0292. The summed E-state index contributed by atoms with van der Waals surface area (Å²) in [5.74, 6) is 1.27. The van der Waals surface area contributed by atoms with Crippen molar-refractivity contribution in [2.45, 2.75) is 31.6 Å². The zero-order valence-electron chi connectivity index (χ0n) is 21.0. The highest BCUT2D eigenvalue weighted by Crippen LogP contribution is 2.30. The molecular weight excluding hydrogens is 482 g/mol. The summed E-state index contributed by atoms with van der Waals surface area (Å²) in [4.78, 5) is 30.6. The van der Waals surface area contributed by atoms with Crippen LogP contribution < -0.4 is 5.32 Å². The van der Waals surface area contributed by atoms with E-state index in [1.165, 1.54) is 10.4 Å². The molecule has 192 valence electrons. The third-order valence-corrected chi connectivity index (χ3v) is 8.07. The molecule has 37 heavy (non-hydrogen) atoms. The van der Waals surface area contributed by atoms with Crippen molar-refractivity contribution >= 4 is 23.0 Å². The molecule has 1 aromatic heterocycles. The van der Waals surface area contributed by atoms with Gasteiger partial charge in [0.1, 0.15) is 12.0 Å². The molecule has 1 fully saturated rings. The second-order valence-corrected chi connectivity index (χ2v) is 10.6. The number of carbonyl (C=O) groups is 2. The molecule has 1 saturated heterocycles. The summed E-state index contributed by atoms with van der Waals surface area (Å²) in [6.45, 7) is 4.47. The Kier molecular flexibility index (Phi) is 8.33. The molecule has 3 aliphatic rings. The fourth-order valence-corrected chi connectivity index (χ4v) is 5.79. The number of hydrogen-bond acceptors (Lipinski definition) is 6. The Morgan fingerprint density at radius 1 is 1.11 bits per heavy atom. The van der Waals surface area contributed by atoms with Gasteiger partial charge in [0.2, 0.25) is 0 Å². The molecule has 2 aliphatic heterocycles. The zero-order chi connectivity index (χ0) is 25.5. The number of hydrogen-bond donors (Lipinski definition) is 1. The van der Waals surface area contributed by atoms with Crippen molar-refractivity contribution in [2.24, 2.45) is 0 Å². The fraction of sp³-hybridized carbons (Fsp3) is 0.333. The van der Waals surface area contributed by atoms with Gasteiger partial charge in [-0.15, -0.1) is 11.3 Å². The van der Waals surface area contributed by atoms with Crippen LogP contribution in [0.15, 0.2) is 90.0 Å². The van der Waals surface area contributed by atoms with Gasteiger partial charge in [0.05, 0.1) is 0 Å². The van der Waals surface area contributed by atoms with Crippen molar-refractivity contribution in [1.82, 2.24) is 15.1 Å². The van der Waals surface area contributed by atoms with Gasteiger partial charge >= 0.3 is 0 Å². The van der Waals surface area contributed by atoms with Gasteiger partial charge in [-0.1, -0.05) is 36.4 Å². The van der Waals surface area contributed by atoms with Crippen LogP contribution in [0.2, 0.25) is 0 Å². The maximum atomic E-state index is 13.0. The van der Waals surface area contributed by atoms with Crippen molar-refractivity contribution in [3.05, 3.63) is 106 Å². The Labute approximate surface area is 222 Å². The van der Waals surface area contributed by atoms with Crippen molar-refractivity contribution in [3.63, 3.8) is 0 Å². The normalized spacial score (nSPS) is 18.4. The number of piperidine rings is 1. The number of rotatable bonds is 9. The molecule has 0 saturated carbocycles. The lowest BCUT2D eigenvalue weighted by molar-refractivity contribution is -0.114. The van der Waals surface area contributed by atoms with Crippen molar-refractivity contribution in [2.75, 3.05) is 32.7 Å². The van der Waals surface area contributed by atoms with E-state index >= 15 is 0 Å². The lowest BCUT2D eigenvalue weighted by atomic mass is 9.86. The summed E-state index contributed by atoms with van der Waals surface area (Å²) in [7, 11) is 0. The molecule has 2 aromatic rings. The maximum Gasteiger partial charge on any atom is 0.251 e. The smallest absolute Gasteiger partial charge is 0.251 e. The summed E-state index contributed by atoms with van der Waals surface area (Å²) < 4.78 is 5.66.